The molecule has 8 heteroatoms. The van der Waals surface area contributed by atoms with Crippen molar-refractivity contribution in [2.45, 2.75) is 25.4 Å². The molecule has 24 heavy (non-hydrogen) atoms. The van der Waals surface area contributed by atoms with Crippen LogP contribution in [0.25, 0.3) is 0 Å². The van der Waals surface area contributed by atoms with E-state index in [-0.39, 0.29) is 23.0 Å². The van der Waals surface area contributed by atoms with Gasteiger partial charge in [0.15, 0.2) is 0 Å². The Bertz CT molecular complexity index is 611. The zero-order chi connectivity index (χ0) is 18.3. The number of methoxy groups -OCH3 is 2. The maximum absolute atomic E-state index is 12.0. The first-order chi connectivity index (χ1) is 11.3. The SMILES string of the molecule is COC(=O)CS(=O)Cc1cc(C)c(CS(=O)CC(=O)OC)cc1C. The van der Waals surface area contributed by atoms with Crippen LogP contribution in [-0.4, -0.2) is 46.1 Å². The van der Waals surface area contributed by atoms with Gasteiger partial charge in [-0.25, -0.2) is 0 Å². The summed E-state index contributed by atoms with van der Waals surface area (Å²) >= 11 is 0. The van der Waals surface area contributed by atoms with Gasteiger partial charge in [0.25, 0.3) is 0 Å². The van der Waals surface area contributed by atoms with E-state index in [2.05, 4.69) is 9.47 Å². The summed E-state index contributed by atoms with van der Waals surface area (Å²) in [7, 11) is -0.159. The Kier molecular flexibility index (Phi) is 8.27. The Labute approximate surface area is 146 Å². The van der Waals surface area contributed by atoms with Crippen LogP contribution < -0.4 is 0 Å². The van der Waals surface area contributed by atoms with Crippen molar-refractivity contribution in [2.24, 2.45) is 0 Å². The third kappa shape index (κ3) is 6.52. The third-order valence-corrected chi connectivity index (χ3v) is 5.82. The van der Waals surface area contributed by atoms with E-state index in [1.807, 2.05) is 26.0 Å². The molecule has 0 amide bonds. The Balaban J connectivity index is 2.82. The average Bonchev–Trinajstić information content (AvgIpc) is 2.51. The van der Waals surface area contributed by atoms with Gasteiger partial charge in [0, 0.05) is 33.1 Å². The van der Waals surface area contributed by atoms with Crippen LogP contribution in [0.2, 0.25) is 0 Å². The Morgan fingerprint density at radius 2 is 1.17 bits per heavy atom. The largest absolute Gasteiger partial charge is 0.468 e. The first kappa shape index (κ1) is 20.5. The molecule has 0 bridgehead atoms. The maximum Gasteiger partial charge on any atom is 0.318 e. The molecule has 1 aromatic carbocycles. The van der Waals surface area contributed by atoms with Crippen LogP contribution in [0.5, 0.6) is 0 Å². The molecule has 1 aromatic rings. The predicted octanol–water partition coefficient (Wildman–Crippen LogP) is 1.15. The number of hydrogen-bond donors (Lipinski definition) is 0. The molecular formula is C16H22O6S2. The maximum atomic E-state index is 12.0. The molecule has 2 unspecified atom stereocenters. The molecule has 0 N–H and O–H groups in total. The minimum Gasteiger partial charge on any atom is -0.468 e. The number of ether oxygens (including phenoxy) is 2. The van der Waals surface area contributed by atoms with Crippen molar-refractivity contribution in [3.8, 4) is 0 Å². The molecule has 134 valence electrons. The standard InChI is InChI=1S/C16H22O6S2/c1-11-5-14(8-24(20)10-16(18)22-4)12(2)6-13(11)7-23(19)9-15(17)21-3/h5-6H,7-10H2,1-4H3. The summed E-state index contributed by atoms with van der Waals surface area (Å²) in [6, 6.07) is 3.77. The lowest BCUT2D eigenvalue weighted by atomic mass is 10.0. The first-order valence-electron chi connectivity index (χ1n) is 7.19. The molecule has 6 nitrogen and oxygen atoms in total. The topological polar surface area (TPSA) is 86.7 Å². The number of carbonyl (C=O) groups is 2. The summed E-state index contributed by atoms with van der Waals surface area (Å²) in [6.07, 6.45) is 0. The summed E-state index contributed by atoms with van der Waals surface area (Å²) in [4.78, 5) is 22.3. The molecular weight excluding hydrogens is 352 g/mol. The van der Waals surface area contributed by atoms with Crippen LogP contribution in [0.4, 0.5) is 0 Å². The van der Waals surface area contributed by atoms with Crippen LogP contribution >= 0.6 is 0 Å². The van der Waals surface area contributed by atoms with Gasteiger partial charge in [-0.1, -0.05) is 12.1 Å². The third-order valence-electron chi connectivity index (χ3n) is 3.44. The van der Waals surface area contributed by atoms with E-state index < -0.39 is 33.5 Å². The smallest absolute Gasteiger partial charge is 0.318 e. The Morgan fingerprint density at radius 3 is 1.46 bits per heavy atom. The highest BCUT2D eigenvalue weighted by Crippen LogP contribution is 2.19. The normalized spacial score (nSPS) is 13.2. The van der Waals surface area contributed by atoms with Gasteiger partial charge in [-0.15, -0.1) is 0 Å². The molecule has 0 fully saturated rings. The number of aryl methyl sites for hydroxylation is 2. The molecule has 0 heterocycles. The Hall–Kier alpha value is -1.54. The molecule has 0 aliphatic rings. The van der Waals surface area contributed by atoms with Crippen molar-refractivity contribution in [3.63, 3.8) is 0 Å². The molecule has 0 spiro atoms. The van der Waals surface area contributed by atoms with Gasteiger partial charge in [0.05, 0.1) is 14.2 Å². The van der Waals surface area contributed by atoms with Crippen molar-refractivity contribution in [3.05, 3.63) is 34.4 Å². The minimum atomic E-state index is -1.34. The van der Waals surface area contributed by atoms with Crippen molar-refractivity contribution >= 4 is 33.5 Å². The van der Waals surface area contributed by atoms with Gasteiger partial charge < -0.3 is 9.47 Å². The van der Waals surface area contributed by atoms with Crippen molar-refractivity contribution in [1.29, 1.82) is 0 Å². The fourth-order valence-corrected chi connectivity index (χ4v) is 4.36. The van der Waals surface area contributed by atoms with E-state index in [0.29, 0.717) is 0 Å². The average molecular weight is 374 g/mol. The van der Waals surface area contributed by atoms with Gasteiger partial charge in [-0.05, 0) is 36.1 Å². The molecule has 0 aliphatic heterocycles. The highest BCUT2D eigenvalue weighted by atomic mass is 32.2. The van der Waals surface area contributed by atoms with E-state index in [9.17, 15) is 18.0 Å². The lowest BCUT2D eigenvalue weighted by Gasteiger charge is -2.12. The second-order valence-electron chi connectivity index (χ2n) is 5.31. The van der Waals surface area contributed by atoms with Crippen LogP contribution in [0.15, 0.2) is 12.1 Å². The fourth-order valence-electron chi connectivity index (χ4n) is 2.08. The quantitative estimate of drug-likeness (QED) is 0.635. The van der Waals surface area contributed by atoms with Gasteiger partial charge in [0.1, 0.15) is 11.5 Å². The Morgan fingerprint density at radius 1 is 0.833 bits per heavy atom. The minimum absolute atomic E-state index is 0.139. The second kappa shape index (κ2) is 9.68. The summed E-state index contributed by atoms with van der Waals surface area (Å²) in [6.45, 7) is 3.74. The van der Waals surface area contributed by atoms with Crippen LogP contribution in [0, 0.1) is 13.8 Å². The van der Waals surface area contributed by atoms with Crippen LogP contribution in [0.3, 0.4) is 0 Å². The van der Waals surface area contributed by atoms with E-state index in [0.717, 1.165) is 22.3 Å². The zero-order valence-corrected chi connectivity index (χ0v) is 15.9. The number of esters is 2. The highest BCUT2D eigenvalue weighted by Gasteiger charge is 2.14. The van der Waals surface area contributed by atoms with Gasteiger partial charge in [-0.3, -0.25) is 18.0 Å². The van der Waals surface area contributed by atoms with Gasteiger partial charge >= 0.3 is 11.9 Å². The van der Waals surface area contributed by atoms with Gasteiger partial charge in [-0.2, -0.15) is 0 Å². The van der Waals surface area contributed by atoms with Crippen molar-refractivity contribution < 1.29 is 27.5 Å². The van der Waals surface area contributed by atoms with E-state index >= 15 is 0 Å². The lowest BCUT2D eigenvalue weighted by molar-refractivity contribution is -0.138. The number of hydrogen-bond acceptors (Lipinski definition) is 6. The van der Waals surface area contributed by atoms with E-state index in [4.69, 9.17) is 0 Å². The predicted molar refractivity (Wildman–Crippen MR) is 93.4 cm³/mol. The van der Waals surface area contributed by atoms with Crippen LogP contribution in [-0.2, 0) is 52.2 Å². The number of carbonyl (C=O) groups excluding carboxylic acids is 2. The molecule has 2 atom stereocenters. The monoisotopic (exact) mass is 374 g/mol. The summed E-state index contributed by atoms with van der Waals surface area (Å²) in [5, 5.41) is 0. The zero-order valence-electron chi connectivity index (χ0n) is 14.2. The summed E-state index contributed by atoms with van der Waals surface area (Å²) in [5.74, 6) is -0.768. The fraction of sp³-hybridized carbons (Fsp3) is 0.500. The van der Waals surface area contributed by atoms with E-state index in [1.54, 1.807) is 0 Å². The highest BCUT2D eigenvalue weighted by molar-refractivity contribution is 7.85. The van der Waals surface area contributed by atoms with Gasteiger partial charge in [0.2, 0.25) is 0 Å². The summed E-state index contributed by atoms with van der Waals surface area (Å²) < 4.78 is 33.0. The molecule has 0 aliphatic carbocycles. The summed E-state index contributed by atoms with van der Waals surface area (Å²) in [5.41, 5.74) is 3.56. The van der Waals surface area contributed by atoms with Crippen molar-refractivity contribution in [1.82, 2.24) is 0 Å². The van der Waals surface area contributed by atoms with Crippen LogP contribution in [0.1, 0.15) is 22.3 Å². The number of rotatable bonds is 8. The molecule has 0 saturated heterocycles. The first-order valence-corrected chi connectivity index (χ1v) is 10.2. The van der Waals surface area contributed by atoms with Crippen molar-refractivity contribution in [2.75, 3.05) is 25.7 Å². The molecule has 0 saturated carbocycles. The lowest BCUT2D eigenvalue weighted by Crippen LogP contribution is -2.15. The van der Waals surface area contributed by atoms with E-state index in [1.165, 1.54) is 14.2 Å². The number of benzene rings is 1. The molecule has 1 rings (SSSR count). The molecule has 0 aromatic heterocycles. The second-order valence-corrected chi connectivity index (χ2v) is 8.23. The molecule has 0 radical (unpaired) electrons.